The van der Waals surface area contributed by atoms with E-state index < -0.39 is 0 Å². The van der Waals surface area contributed by atoms with Crippen LogP contribution in [0.1, 0.15) is 37.1 Å². The summed E-state index contributed by atoms with van der Waals surface area (Å²) in [4.78, 5) is 6.09. The van der Waals surface area contributed by atoms with Crippen molar-refractivity contribution < 1.29 is 4.74 Å². The van der Waals surface area contributed by atoms with E-state index in [2.05, 4.69) is 48.8 Å². The van der Waals surface area contributed by atoms with Crippen LogP contribution in [0.2, 0.25) is 0 Å². The first-order valence-corrected chi connectivity index (χ1v) is 8.49. The van der Waals surface area contributed by atoms with Gasteiger partial charge in [0.05, 0.1) is 5.69 Å². The zero-order valence-corrected chi connectivity index (χ0v) is 14.8. The number of nitrogens with zero attached hydrogens (tertiary/aromatic N) is 1. The SMILES string of the molecule is CCOC(C)(CC)c1nc(-c2ccccc2Br)c(C)s1. The molecular formula is C16H20BrNOS. The molecule has 1 atom stereocenters. The first-order valence-electron chi connectivity index (χ1n) is 6.88. The molecule has 2 aromatic rings. The maximum absolute atomic E-state index is 5.94. The van der Waals surface area contributed by atoms with Crippen molar-refractivity contribution in [2.45, 2.75) is 39.7 Å². The molecule has 1 aromatic carbocycles. The summed E-state index contributed by atoms with van der Waals surface area (Å²) in [7, 11) is 0. The predicted octanol–water partition coefficient (Wildman–Crippen LogP) is 5.54. The standard InChI is InChI=1S/C16H20BrNOS/c1-5-16(4,19-6-2)15-18-14(11(3)20-15)12-9-7-8-10-13(12)17/h7-10H,5-6H2,1-4H3. The van der Waals surface area contributed by atoms with Gasteiger partial charge in [-0.15, -0.1) is 11.3 Å². The minimum absolute atomic E-state index is 0.288. The van der Waals surface area contributed by atoms with Crippen LogP contribution in [0.4, 0.5) is 0 Å². The maximum Gasteiger partial charge on any atom is 0.125 e. The number of halogens is 1. The highest BCUT2D eigenvalue weighted by Crippen LogP contribution is 2.38. The predicted molar refractivity (Wildman–Crippen MR) is 89.3 cm³/mol. The van der Waals surface area contributed by atoms with Gasteiger partial charge >= 0.3 is 0 Å². The smallest absolute Gasteiger partial charge is 0.125 e. The Balaban J connectivity index is 2.47. The molecule has 2 nitrogen and oxygen atoms in total. The number of thiazole rings is 1. The largest absolute Gasteiger partial charge is 0.368 e. The van der Waals surface area contributed by atoms with Crippen molar-refractivity contribution in [3.05, 3.63) is 38.6 Å². The molecule has 1 heterocycles. The van der Waals surface area contributed by atoms with Crippen molar-refractivity contribution in [2.75, 3.05) is 6.61 Å². The molecule has 20 heavy (non-hydrogen) atoms. The molecule has 4 heteroatoms. The van der Waals surface area contributed by atoms with Crippen molar-refractivity contribution in [1.29, 1.82) is 0 Å². The summed E-state index contributed by atoms with van der Waals surface area (Å²) in [5.74, 6) is 0. The van der Waals surface area contributed by atoms with Crippen LogP contribution in [0.3, 0.4) is 0 Å². The Morgan fingerprint density at radius 3 is 2.60 bits per heavy atom. The fourth-order valence-electron chi connectivity index (χ4n) is 2.16. The zero-order valence-electron chi connectivity index (χ0n) is 12.4. The lowest BCUT2D eigenvalue weighted by atomic mass is 10.0. The molecule has 0 aliphatic rings. The molecule has 1 aromatic heterocycles. The topological polar surface area (TPSA) is 22.1 Å². The number of ether oxygens (including phenoxy) is 1. The van der Waals surface area contributed by atoms with E-state index in [0.717, 1.165) is 27.2 Å². The van der Waals surface area contributed by atoms with E-state index in [-0.39, 0.29) is 5.60 Å². The summed E-state index contributed by atoms with van der Waals surface area (Å²) in [6, 6.07) is 8.21. The van der Waals surface area contributed by atoms with Gasteiger partial charge in [-0.1, -0.05) is 41.1 Å². The van der Waals surface area contributed by atoms with Crippen LogP contribution in [0, 0.1) is 6.92 Å². The molecule has 0 saturated heterocycles. The van der Waals surface area contributed by atoms with Crippen molar-refractivity contribution in [3.8, 4) is 11.3 Å². The molecule has 0 N–H and O–H groups in total. The first-order chi connectivity index (χ1) is 9.51. The molecule has 0 aliphatic carbocycles. The molecule has 0 bridgehead atoms. The van der Waals surface area contributed by atoms with E-state index in [0.29, 0.717) is 6.61 Å². The fraction of sp³-hybridized carbons (Fsp3) is 0.438. The van der Waals surface area contributed by atoms with E-state index in [1.807, 2.05) is 19.1 Å². The number of benzene rings is 1. The third kappa shape index (κ3) is 2.97. The van der Waals surface area contributed by atoms with E-state index in [9.17, 15) is 0 Å². The van der Waals surface area contributed by atoms with Gasteiger partial charge in [-0.25, -0.2) is 4.98 Å². The summed E-state index contributed by atoms with van der Waals surface area (Å²) in [5.41, 5.74) is 1.91. The summed E-state index contributed by atoms with van der Waals surface area (Å²) < 4.78 is 7.01. The van der Waals surface area contributed by atoms with Crippen LogP contribution in [-0.2, 0) is 10.3 Å². The lowest BCUT2D eigenvalue weighted by molar-refractivity contribution is -0.0324. The highest BCUT2D eigenvalue weighted by Gasteiger charge is 2.30. The van der Waals surface area contributed by atoms with Crippen LogP contribution in [0.25, 0.3) is 11.3 Å². The molecule has 0 fully saturated rings. The van der Waals surface area contributed by atoms with Gasteiger partial charge in [0.1, 0.15) is 10.6 Å². The summed E-state index contributed by atoms with van der Waals surface area (Å²) in [6.07, 6.45) is 0.920. The van der Waals surface area contributed by atoms with Crippen LogP contribution < -0.4 is 0 Å². The lowest BCUT2D eigenvalue weighted by Crippen LogP contribution is -2.24. The van der Waals surface area contributed by atoms with Crippen LogP contribution >= 0.6 is 27.3 Å². The number of hydrogen-bond acceptors (Lipinski definition) is 3. The molecule has 0 radical (unpaired) electrons. The highest BCUT2D eigenvalue weighted by molar-refractivity contribution is 9.10. The average Bonchev–Trinajstić information content (AvgIpc) is 2.82. The Morgan fingerprint density at radius 2 is 2.00 bits per heavy atom. The molecule has 1 unspecified atom stereocenters. The Hall–Kier alpha value is -0.710. The van der Waals surface area contributed by atoms with E-state index in [4.69, 9.17) is 9.72 Å². The Morgan fingerprint density at radius 1 is 1.30 bits per heavy atom. The van der Waals surface area contributed by atoms with Crippen molar-refractivity contribution >= 4 is 27.3 Å². The molecule has 2 rings (SSSR count). The average molecular weight is 354 g/mol. The zero-order chi connectivity index (χ0) is 14.8. The Labute approximate surface area is 133 Å². The van der Waals surface area contributed by atoms with Crippen molar-refractivity contribution in [1.82, 2.24) is 4.98 Å². The molecule has 0 saturated carbocycles. The van der Waals surface area contributed by atoms with Gasteiger partial charge in [0.15, 0.2) is 0 Å². The third-order valence-corrected chi connectivity index (χ3v) is 5.42. The fourth-order valence-corrected chi connectivity index (χ4v) is 3.73. The lowest BCUT2D eigenvalue weighted by Gasteiger charge is -2.25. The van der Waals surface area contributed by atoms with Crippen molar-refractivity contribution in [2.24, 2.45) is 0 Å². The summed E-state index contributed by atoms with van der Waals surface area (Å²) in [5, 5.41) is 1.06. The van der Waals surface area contributed by atoms with Crippen molar-refractivity contribution in [3.63, 3.8) is 0 Å². The minimum Gasteiger partial charge on any atom is -0.368 e. The second kappa shape index (κ2) is 6.37. The Bertz CT molecular complexity index is 596. The second-order valence-electron chi connectivity index (χ2n) is 4.92. The number of aromatic nitrogens is 1. The number of hydrogen-bond donors (Lipinski definition) is 0. The molecule has 0 spiro atoms. The number of rotatable bonds is 5. The molecule has 108 valence electrons. The highest BCUT2D eigenvalue weighted by atomic mass is 79.9. The normalized spacial score (nSPS) is 14.2. The molecule has 0 amide bonds. The van der Waals surface area contributed by atoms with Gasteiger partial charge in [0.25, 0.3) is 0 Å². The quantitative estimate of drug-likeness (QED) is 0.703. The first kappa shape index (κ1) is 15.7. The molecular weight excluding hydrogens is 334 g/mol. The Kier molecular flexibility index (Phi) is 4.99. The van der Waals surface area contributed by atoms with Gasteiger partial charge < -0.3 is 4.74 Å². The van der Waals surface area contributed by atoms with Crippen LogP contribution in [0.5, 0.6) is 0 Å². The van der Waals surface area contributed by atoms with Crippen LogP contribution in [0.15, 0.2) is 28.7 Å². The van der Waals surface area contributed by atoms with E-state index in [1.54, 1.807) is 11.3 Å². The van der Waals surface area contributed by atoms with Gasteiger partial charge in [-0.05, 0) is 33.3 Å². The second-order valence-corrected chi connectivity index (χ2v) is 6.98. The third-order valence-electron chi connectivity index (χ3n) is 3.52. The maximum atomic E-state index is 5.94. The van der Waals surface area contributed by atoms with E-state index >= 15 is 0 Å². The van der Waals surface area contributed by atoms with Gasteiger partial charge in [-0.2, -0.15) is 0 Å². The minimum atomic E-state index is -0.288. The summed E-state index contributed by atoms with van der Waals surface area (Å²) in [6.45, 7) is 9.12. The monoisotopic (exact) mass is 353 g/mol. The molecule has 0 aliphatic heterocycles. The van der Waals surface area contributed by atoms with Crippen LogP contribution in [-0.4, -0.2) is 11.6 Å². The number of aryl methyl sites for hydroxylation is 1. The van der Waals surface area contributed by atoms with Gasteiger partial charge in [0, 0.05) is 21.5 Å². The van der Waals surface area contributed by atoms with Gasteiger partial charge in [-0.3, -0.25) is 0 Å². The van der Waals surface area contributed by atoms with Gasteiger partial charge in [0.2, 0.25) is 0 Å². The van der Waals surface area contributed by atoms with E-state index in [1.165, 1.54) is 4.88 Å². The summed E-state index contributed by atoms with van der Waals surface area (Å²) >= 11 is 5.34.